The lowest BCUT2D eigenvalue weighted by atomic mass is 10.1. The van der Waals surface area contributed by atoms with Crippen LogP contribution in [0.3, 0.4) is 0 Å². The van der Waals surface area contributed by atoms with Crippen LogP contribution in [0.1, 0.15) is 24.0 Å². The number of aliphatic carboxylic acids is 1. The fourth-order valence-electron chi connectivity index (χ4n) is 3.04. The lowest BCUT2D eigenvalue weighted by molar-refractivity contribution is -0.147. The van der Waals surface area contributed by atoms with Gasteiger partial charge in [-0.25, -0.2) is 13.2 Å². The summed E-state index contributed by atoms with van der Waals surface area (Å²) in [6.45, 7) is 3.41. The van der Waals surface area contributed by atoms with Gasteiger partial charge in [-0.1, -0.05) is 0 Å². The number of aryl methyl sites for hydroxylation is 2. The SMILES string of the molecule is Cc1cc(NC(=O)C(=O)O)cc(C)c1Oc1ccc(O)c(S(=O)(=O)N(C)C2CC2)c1. The molecule has 30 heavy (non-hydrogen) atoms. The number of aromatic hydroxyl groups is 1. The van der Waals surface area contributed by atoms with E-state index in [-0.39, 0.29) is 22.4 Å². The van der Waals surface area contributed by atoms with Crippen LogP contribution in [0.5, 0.6) is 17.2 Å². The molecule has 3 rings (SSSR count). The summed E-state index contributed by atoms with van der Waals surface area (Å²) in [5.74, 6) is -2.48. The van der Waals surface area contributed by atoms with Gasteiger partial charge in [0.25, 0.3) is 0 Å². The lowest BCUT2D eigenvalue weighted by Crippen LogP contribution is -2.29. The van der Waals surface area contributed by atoms with Gasteiger partial charge in [0.2, 0.25) is 10.0 Å². The minimum atomic E-state index is -3.87. The van der Waals surface area contributed by atoms with Gasteiger partial charge in [0.15, 0.2) is 0 Å². The van der Waals surface area contributed by atoms with E-state index in [1.165, 1.54) is 29.6 Å². The van der Waals surface area contributed by atoms with Crippen molar-refractivity contribution in [2.75, 3.05) is 12.4 Å². The number of ether oxygens (including phenoxy) is 1. The van der Waals surface area contributed by atoms with Crippen molar-refractivity contribution in [3.05, 3.63) is 41.5 Å². The first-order chi connectivity index (χ1) is 14.0. The summed E-state index contributed by atoms with van der Waals surface area (Å²) in [6, 6.07) is 7.00. The predicted molar refractivity (Wildman–Crippen MR) is 108 cm³/mol. The fourth-order valence-corrected chi connectivity index (χ4v) is 4.55. The van der Waals surface area contributed by atoms with Crippen molar-refractivity contribution in [3.8, 4) is 17.2 Å². The minimum Gasteiger partial charge on any atom is -0.507 e. The summed E-state index contributed by atoms with van der Waals surface area (Å²) >= 11 is 0. The lowest BCUT2D eigenvalue weighted by Gasteiger charge is -2.18. The summed E-state index contributed by atoms with van der Waals surface area (Å²) < 4.78 is 32.7. The van der Waals surface area contributed by atoms with E-state index in [1.807, 2.05) is 0 Å². The van der Waals surface area contributed by atoms with Gasteiger partial charge in [-0.3, -0.25) is 4.79 Å². The number of sulfonamides is 1. The van der Waals surface area contributed by atoms with Gasteiger partial charge in [-0.05, 0) is 62.1 Å². The van der Waals surface area contributed by atoms with Gasteiger partial charge >= 0.3 is 11.9 Å². The number of carbonyl (C=O) groups excluding carboxylic acids is 1. The predicted octanol–water partition coefficient (Wildman–Crippen LogP) is 2.61. The van der Waals surface area contributed by atoms with E-state index < -0.39 is 21.9 Å². The number of nitrogens with one attached hydrogen (secondary N) is 1. The molecule has 0 saturated heterocycles. The van der Waals surface area contributed by atoms with Crippen molar-refractivity contribution < 1.29 is 33.0 Å². The summed E-state index contributed by atoms with van der Waals surface area (Å²) in [7, 11) is -2.39. The van der Waals surface area contributed by atoms with Gasteiger partial charge in [0, 0.05) is 24.8 Å². The first-order valence-corrected chi connectivity index (χ1v) is 10.6. The number of rotatable bonds is 6. The van der Waals surface area contributed by atoms with Crippen molar-refractivity contribution in [1.82, 2.24) is 4.31 Å². The van der Waals surface area contributed by atoms with Crippen molar-refractivity contribution in [1.29, 1.82) is 0 Å². The van der Waals surface area contributed by atoms with E-state index in [2.05, 4.69) is 5.32 Å². The number of amides is 1. The number of hydrogen-bond acceptors (Lipinski definition) is 6. The molecule has 0 bridgehead atoms. The van der Waals surface area contributed by atoms with E-state index in [4.69, 9.17) is 9.84 Å². The zero-order valence-corrected chi connectivity index (χ0v) is 17.5. The highest BCUT2D eigenvalue weighted by Gasteiger charge is 2.36. The van der Waals surface area contributed by atoms with Crippen LogP contribution in [-0.4, -0.2) is 47.9 Å². The molecule has 9 nitrogen and oxygen atoms in total. The Bertz CT molecular complexity index is 1100. The Balaban J connectivity index is 1.90. The number of carboxylic acids is 1. The van der Waals surface area contributed by atoms with Gasteiger partial charge in [0.05, 0.1) is 0 Å². The first kappa shape index (κ1) is 21.6. The maximum absolute atomic E-state index is 12.8. The number of benzene rings is 2. The quantitative estimate of drug-likeness (QED) is 0.595. The molecule has 0 atom stereocenters. The Hall–Kier alpha value is -3.11. The highest BCUT2D eigenvalue weighted by molar-refractivity contribution is 7.89. The van der Waals surface area contributed by atoms with Crippen molar-refractivity contribution in [2.45, 2.75) is 37.6 Å². The molecule has 1 fully saturated rings. The third-order valence-corrected chi connectivity index (χ3v) is 6.72. The van der Waals surface area contributed by atoms with E-state index in [0.29, 0.717) is 22.6 Å². The fraction of sp³-hybridized carbons (Fsp3) is 0.300. The van der Waals surface area contributed by atoms with Crippen LogP contribution in [-0.2, 0) is 19.6 Å². The maximum atomic E-state index is 12.8. The number of carboxylic acid groups (broad SMARTS) is 1. The molecule has 0 aromatic heterocycles. The van der Waals surface area contributed by atoms with Crippen LogP contribution in [0.2, 0.25) is 0 Å². The van der Waals surface area contributed by atoms with Crippen LogP contribution in [0.25, 0.3) is 0 Å². The van der Waals surface area contributed by atoms with Crippen LogP contribution in [0, 0.1) is 13.8 Å². The second kappa shape index (κ2) is 7.96. The normalized spacial score (nSPS) is 13.9. The minimum absolute atomic E-state index is 0.0583. The Morgan fingerprint density at radius 1 is 1.13 bits per heavy atom. The molecule has 2 aromatic carbocycles. The molecule has 1 amide bonds. The molecule has 0 unspecified atom stereocenters. The molecule has 0 heterocycles. The molecule has 1 aliphatic rings. The van der Waals surface area contributed by atoms with E-state index >= 15 is 0 Å². The van der Waals surface area contributed by atoms with Crippen LogP contribution >= 0.6 is 0 Å². The molecule has 1 aliphatic carbocycles. The highest BCUT2D eigenvalue weighted by Crippen LogP contribution is 2.37. The Labute approximate surface area is 173 Å². The zero-order valence-electron chi connectivity index (χ0n) is 16.7. The maximum Gasteiger partial charge on any atom is 0.394 e. The van der Waals surface area contributed by atoms with Gasteiger partial charge < -0.3 is 20.3 Å². The number of nitrogens with zero attached hydrogens (tertiary/aromatic N) is 1. The third-order valence-electron chi connectivity index (χ3n) is 4.78. The van der Waals surface area contributed by atoms with E-state index in [0.717, 1.165) is 12.8 Å². The molecule has 0 radical (unpaired) electrons. The molecular weight excluding hydrogens is 412 g/mol. The van der Waals surface area contributed by atoms with Gasteiger partial charge in [-0.15, -0.1) is 0 Å². The van der Waals surface area contributed by atoms with Crippen molar-refractivity contribution in [3.63, 3.8) is 0 Å². The average molecular weight is 434 g/mol. The molecular formula is C20H22N2O7S. The van der Waals surface area contributed by atoms with Gasteiger partial charge in [0.1, 0.15) is 22.1 Å². The molecule has 0 aliphatic heterocycles. The standard InChI is InChI=1S/C20H22N2O7S/c1-11-8-13(21-19(24)20(25)26)9-12(2)18(11)29-15-6-7-16(23)17(10-15)30(27,28)22(3)14-4-5-14/h6-10,14,23H,4-5H2,1-3H3,(H,21,24)(H,25,26). The Morgan fingerprint density at radius 3 is 2.27 bits per heavy atom. The first-order valence-electron chi connectivity index (χ1n) is 9.15. The summed E-state index contributed by atoms with van der Waals surface area (Å²) in [5, 5.41) is 21.1. The topological polar surface area (TPSA) is 133 Å². The number of anilines is 1. The molecule has 3 N–H and O–H groups in total. The van der Waals surface area contributed by atoms with E-state index in [9.17, 15) is 23.1 Å². The molecule has 0 spiro atoms. The molecule has 160 valence electrons. The molecule has 2 aromatic rings. The molecule has 1 saturated carbocycles. The summed E-state index contributed by atoms with van der Waals surface area (Å²) in [4.78, 5) is 21.8. The molecule has 10 heteroatoms. The Morgan fingerprint density at radius 2 is 1.73 bits per heavy atom. The number of phenolic OH excluding ortho intramolecular Hbond substituents is 1. The van der Waals surface area contributed by atoms with Crippen LogP contribution in [0.4, 0.5) is 5.69 Å². The number of hydrogen-bond donors (Lipinski definition) is 3. The van der Waals surface area contributed by atoms with Crippen LogP contribution in [0.15, 0.2) is 35.2 Å². The second-order valence-electron chi connectivity index (χ2n) is 7.18. The zero-order chi connectivity index (χ0) is 22.2. The Kier molecular flexibility index (Phi) is 5.73. The number of phenols is 1. The third kappa shape index (κ3) is 4.39. The highest BCUT2D eigenvalue weighted by atomic mass is 32.2. The van der Waals surface area contributed by atoms with Crippen LogP contribution < -0.4 is 10.1 Å². The number of carbonyl (C=O) groups is 2. The average Bonchev–Trinajstić information content (AvgIpc) is 3.50. The van der Waals surface area contributed by atoms with Gasteiger partial charge in [-0.2, -0.15) is 4.31 Å². The summed E-state index contributed by atoms with van der Waals surface area (Å²) in [6.07, 6.45) is 1.58. The van der Waals surface area contributed by atoms with E-state index in [1.54, 1.807) is 26.0 Å². The largest absolute Gasteiger partial charge is 0.507 e. The second-order valence-corrected chi connectivity index (χ2v) is 9.15. The smallest absolute Gasteiger partial charge is 0.394 e. The van der Waals surface area contributed by atoms with Crippen molar-refractivity contribution in [2.24, 2.45) is 0 Å². The summed E-state index contributed by atoms with van der Waals surface area (Å²) in [5.41, 5.74) is 1.50. The monoisotopic (exact) mass is 434 g/mol. The van der Waals surface area contributed by atoms with Crippen molar-refractivity contribution >= 4 is 27.6 Å².